The Morgan fingerprint density at radius 3 is 1.94 bits per heavy atom. The Morgan fingerprint density at radius 2 is 1.38 bits per heavy atom. The third kappa shape index (κ3) is 5.34. The van der Waals surface area contributed by atoms with Crippen molar-refractivity contribution < 1.29 is 15.0 Å². The number of aryl methyl sites for hydroxylation is 3. The molecule has 0 aliphatic heterocycles. The lowest BCUT2D eigenvalue weighted by Crippen LogP contribution is -2.01. The Kier molecular flexibility index (Phi) is 7.38. The zero-order chi connectivity index (χ0) is 24.1. The molecule has 0 amide bonds. The monoisotopic (exact) mass is 457 g/mol. The van der Waals surface area contributed by atoms with Crippen LogP contribution in [0.5, 0.6) is 0 Å². The fraction of sp³-hybridized carbons (Fsp3) is 0.321. The van der Waals surface area contributed by atoms with Crippen LogP contribution in [0, 0.1) is 13.8 Å². The molecule has 0 aliphatic rings. The minimum Gasteiger partial charge on any atom is -0.481 e. The van der Waals surface area contributed by atoms with E-state index in [0.717, 1.165) is 65.0 Å². The molecule has 6 heteroatoms. The Labute approximate surface area is 199 Å². The zero-order valence-electron chi connectivity index (χ0n) is 19.8. The highest BCUT2D eigenvalue weighted by Gasteiger charge is 2.18. The lowest BCUT2D eigenvalue weighted by atomic mass is 10.0. The maximum absolute atomic E-state index is 10.7. The minimum absolute atomic E-state index is 0.103. The van der Waals surface area contributed by atoms with Crippen LogP contribution >= 0.6 is 0 Å². The van der Waals surface area contributed by atoms with Gasteiger partial charge in [-0.25, -0.2) is 9.97 Å². The van der Waals surface area contributed by atoms with Gasteiger partial charge in [-0.05, 0) is 26.7 Å². The topological polar surface area (TPSA) is 88.2 Å². The third-order valence-corrected chi connectivity index (χ3v) is 6.13. The van der Waals surface area contributed by atoms with Gasteiger partial charge >= 0.3 is 5.97 Å². The molecule has 0 bridgehead atoms. The number of carboxylic acids is 1. The van der Waals surface area contributed by atoms with Crippen LogP contribution < -0.4 is 0 Å². The van der Waals surface area contributed by atoms with Crippen molar-refractivity contribution in [1.29, 1.82) is 0 Å². The van der Waals surface area contributed by atoms with E-state index in [1.807, 2.05) is 6.20 Å². The molecule has 0 saturated carbocycles. The van der Waals surface area contributed by atoms with Crippen molar-refractivity contribution in [3.8, 4) is 22.5 Å². The standard InChI is InChI=1S/C28H31N3O3/c1-19-8-12-21(13-9-19)25-26(22-14-10-20(2)11-15-22)30-28-27(29-25)23(18-32)17-31(28)16-6-4-3-5-7-24(33)34/h8-15,17,32H,3-7,16,18H2,1-2H3,(H,33,34). The smallest absolute Gasteiger partial charge is 0.303 e. The van der Waals surface area contributed by atoms with Crippen LogP contribution in [0.2, 0.25) is 0 Å². The van der Waals surface area contributed by atoms with Crippen LogP contribution in [0.4, 0.5) is 0 Å². The summed E-state index contributed by atoms with van der Waals surface area (Å²) in [4.78, 5) is 20.8. The quantitative estimate of drug-likeness (QED) is 0.289. The average Bonchev–Trinajstić information content (AvgIpc) is 3.18. The number of carbonyl (C=O) groups is 1. The number of unbranched alkanes of at least 4 members (excludes halogenated alkanes) is 3. The van der Waals surface area contributed by atoms with E-state index < -0.39 is 5.97 Å². The van der Waals surface area contributed by atoms with E-state index in [0.29, 0.717) is 6.42 Å². The molecule has 0 saturated heterocycles. The molecule has 34 heavy (non-hydrogen) atoms. The number of aliphatic carboxylic acids is 1. The van der Waals surface area contributed by atoms with Crippen molar-refractivity contribution in [2.24, 2.45) is 0 Å². The Morgan fingerprint density at radius 1 is 0.824 bits per heavy atom. The summed E-state index contributed by atoms with van der Waals surface area (Å²) < 4.78 is 2.07. The zero-order valence-corrected chi connectivity index (χ0v) is 19.8. The summed E-state index contributed by atoms with van der Waals surface area (Å²) in [6.07, 6.45) is 5.60. The molecule has 0 spiro atoms. The first-order valence-electron chi connectivity index (χ1n) is 11.8. The number of carboxylic acid groups (broad SMARTS) is 1. The molecule has 2 N–H and O–H groups in total. The van der Waals surface area contributed by atoms with Crippen molar-refractivity contribution in [2.75, 3.05) is 0 Å². The van der Waals surface area contributed by atoms with Crippen LogP contribution in [0.15, 0.2) is 54.7 Å². The number of hydrogen-bond donors (Lipinski definition) is 2. The number of aliphatic hydroxyl groups excluding tert-OH is 1. The number of rotatable bonds is 10. The molecule has 0 unspecified atom stereocenters. The van der Waals surface area contributed by atoms with E-state index >= 15 is 0 Å². The van der Waals surface area contributed by atoms with Crippen molar-refractivity contribution in [3.05, 3.63) is 71.4 Å². The number of fused-ring (bicyclic) bond motifs is 1. The van der Waals surface area contributed by atoms with E-state index in [1.54, 1.807) is 0 Å². The van der Waals surface area contributed by atoms with Gasteiger partial charge in [0.05, 0.1) is 18.0 Å². The van der Waals surface area contributed by atoms with Crippen molar-refractivity contribution in [2.45, 2.75) is 59.1 Å². The predicted molar refractivity (Wildman–Crippen MR) is 135 cm³/mol. The first-order chi connectivity index (χ1) is 16.5. The molecule has 4 rings (SSSR count). The third-order valence-electron chi connectivity index (χ3n) is 6.13. The van der Waals surface area contributed by atoms with Gasteiger partial charge in [-0.3, -0.25) is 4.79 Å². The van der Waals surface area contributed by atoms with Gasteiger partial charge in [-0.1, -0.05) is 72.5 Å². The first kappa shape index (κ1) is 23.6. The largest absolute Gasteiger partial charge is 0.481 e. The lowest BCUT2D eigenvalue weighted by Gasteiger charge is -2.12. The van der Waals surface area contributed by atoms with Crippen molar-refractivity contribution in [1.82, 2.24) is 14.5 Å². The van der Waals surface area contributed by atoms with Crippen LogP contribution in [-0.4, -0.2) is 30.7 Å². The summed E-state index contributed by atoms with van der Waals surface area (Å²) in [6.45, 7) is 4.77. The SMILES string of the molecule is Cc1ccc(-c2nc3c(CO)cn(CCCCCCC(=O)O)c3nc2-c2ccc(C)cc2)cc1. The van der Waals surface area contributed by atoms with Crippen molar-refractivity contribution >= 4 is 17.1 Å². The summed E-state index contributed by atoms with van der Waals surface area (Å²) in [5.41, 5.74) is 8.23. The Bertz CT molecular complexity index is 1280. The van der Waals surface area contributed by atoms with Gasteiger partial charge in [0.15, 0.2) is 5.65 Å². The summed E-state index contributed by atoms with van der Waals surface area (Å²) in [6, 6.07) is 16.6. The maximum Gasteiger partial charge on any atom is 0.303 e. The van der Waals surface area contributed by atoms with E-state index in [-0.39, 0.29) is 13.0 Å². The highest BCUT2D eigenvalue weighted by molar-refractivity contribution is 5.87. The molecule has 6 nitrogen and oxygen atoms in total. The van der Waals surface area contributed by atoms with Gasteiger partial charge in [0.2, 0.25) is 0 Å². The molecule has 2 heterocycles. The molecule has 0 radical (unpaired) electrons. The van der Waals surface area contributed by atoms with Crippen LogP contribution in [0.3, 0.4) is 0 Å². The number of benzene rings is 2. The van der Waals surface area contributed by atoms with E-state index in [4.69, 9.17) is 15.1 Å². The van der Waals surface area contributed by atoms with E-state index in [9.17, 15) is 9.90 Å². The summed E-state index contributed by atoms with van der Waals surface area (Å²) >= 11 is 0. The molecule has 4 aromatic rings. The normalized spacial score (nSPS) is 11.3. The maximum atomic E-state index is 10.7. The highest BCUT2D eigenvalue weighted by atomic mass is 16.4. The first-order valence-corrected chi connectivity index (χ1v) is 11.8. The highest BCUT2D eigenvalue weighted by Crippen LogP contribution is 2.33. The molecule has 0 fully saturated rings. The second-order valence-electron chi connectivity index (χ2n) is 8.89. The van der Waals surface area contributed by atoms with E-state index in [1.165, 1.54) is 11.1 Å². The fourth-order valence-corrected chi connectivity index (χ4v) is 4.18. The van der Waals surface area contributed by atoms with Gasteiger partial charge in [0.25, 0.3) is 0 Å². The van der Waals surface area contributed by atoms with Crippen LogP contribution in [0.1, 0.15) is 48.8 Å². The number of aliphatic hydroxyl groups is 1. The van der Waals surface area contributed by atoms with Gasteiger partial charge < -0.3 is 14.8 Å². The molecular weight excluding hydrogens is 426 g/mol. The fourth-order valence-electron chi connectivity index (χ4n) is 4.18. The number of hydrogen-bond acceptors (Lipinski definition) is 4. The van der Waals surface area contributed by atoms with Gasteiger partial charge in [-0.2, -0.15) is 0 Å². The second kappa shape index (κ2) is 10.6. The lowest BCUT2D eigenvalue weighted by molar-refractivity contribution is -0.137. The summed E-state index contributed by atoms with van der Waals surface area (Å²) in [5, 5.41) is 18.8. The van der Waals surface area contributed by atoms with Gasteiger partial charge in [-0.15, -0.1) is 0 Å². The molecule has 0 aliphatic carbocycles. The molecule has 176 valence electrons. The van der Waals surface area contributed by atoms with Gasteiger partial charge in [0, 0.05) is 35.9 Å². The van der Waals surface area contributed by atoms with E-state index in [2.05, 4.69) is 66.9 Å². The number of nitrogens with zero attached hydrogens (tertiary/aromatic N) is 3. The van der Waals surface area contributed by atoms with Gasteiger partial charge in [0.1, 0.15) is 5.52 Å². The Hall–Kier alpha value is -3.51. The van der Waals surface area contributed by atoms with Crippen molar-refractivity contribution in [3.63, 3.8) is 0 Å². The molecule has 2 aromatic heterocycles. The summed E-state index contributed by atoms with van der Waals surface area (Å²) in [7, 11) is 0. The Balaban J connectivity index is 1.73. The average molecular weight is 458 g/mol. The molecule has 2 aromatic carbocycles. The molecule has 0 atom stereocenters. The molecular formula is C28H31N3O3. The minimum atomic E-state index is -0.743. The second-order valence-corrected chi connectivity index (χ2v) is 8.89. The number of aromatic nitrogens is 3. The predicted octanol–water partition coefficient (Wildman–Crippen LogP) is 5.91. The van der Waals surface area contributed by atoms with Crippen LogP contribution in [-0.2, 0) is 17.9 Å². The summed E-state index contributed by atoms with van der Waals surface area (Å²) in [5.74, 6) is -0.743. The van der Waals surface area contributed by atoms with Crippen LogP contribution in [0.25, 0.3) is 33.7 Å².